The standard InChI is InChI=1S/C27H31N5O3SSi/c1-37(2,3)18-32-16-22(30-31-32)17-35-26(33)13-8-19-6-9-20(10-7-19)27(34)29-24-15-21(11-12-23(24)28)25-5-4-14-36-25/h4-7,9-12,14-16H,8,13,17-18,28H2,1-3H3,(H,29,34). The molecule has 0 unspecified atom stereocenters. The number of hydrogen-bond donors (Lipinski definition) is 2. The van der Waals surface area contributed by atoms with E-state index >= 15 is 0 Å². The highest BCUT2D eigenvalue weighted by Crippen LogP contribution is 2.30. The number of nitrogen functional groups attached to an aromatic ring is 1. The molecule has 3 N–H and O–H groups in total. The number of aryl methyl sites for hydroxylation is 1. The molecule has 0 spiro atoms. The third-order valence-electron chi connectivity index (χ3n) is 5.54. The Kier molecular flexibility index (Phi) is 8.20. The normalized spacial score (nSPS) is 11.3. The Hall–Kier alpha value is -3.76. The number of nitrogens with two attached hydrogens (primary N) is 1. The number of anilines is 2. The van der Waals surface area contributed by atoms with Gasteiger partial charge in [-0.05, 0) is 53.3 Å². The number of aromatic nitrogens is 3. The van der Waals surface area contributed by atoms with Crippen molar-refractivity contribution in [1.82, 2.24) is 15.0 Å². The summed E-state index contributed by atoms with van der Waals surface area (Å²) in [4.78, 5) is 26.1. The fourth-order valence-corrected chi connectivity index (χ4v) is 5.57. The van der Waals surface area contributed by atoms with Gasteiger partial charge in [-0.3, -0.25) is 14.3 Å². The molecule has 2 aromatic heterocycles. The van der Waals surface area contributed by atoms with Crippen molar-refractivity contribution in [3.63, 3.8) is 0 Å². The average molecular weight is 534 g/mol. The van der Waals surface area contributed by atoms with Crippen LogP contribution in [0.25, 0.3) is 10.4 Å². The van der Waals surface area contributed by atoms with Gasteiger partial charge in [-0.25, -0.2) is 0 Å². The van der Waals surface area contributed by atoms with Gasteiger partial charge < -0.3 is 15.8 Å². The zero-order valence-electron chi connectivity index (χ0n) is 21.2. The molecule has 0 aliphatic heterocycles. The fourth-order valence-electron chi connectivity index (χ4n) is 3.72. The van der Waals surface area contributed by atoms with Crippen molar-refractivity contribution in [3.8, 4) is 10.4 Å². The summed E-state index contributed by atoms with van der Waals surface area (Å²) in [5.41, 5.74) is 10.2. The van der Waals surface area contributed by atoms with Crippen LogP contribution >= 0.6 is 11.3 Å². The van der Waals surface area contributed by atoms with E-state index in [2.05, 4.69) is 35.3 Å². The summed E-state index contributed by atoms with van der Waals surface area (Å²) in [6.07, 6.45) is 3.46. The molecule has 0 atom stereocenters. The lowest BCUT2D eigenvalue weighted by atomic mass is 10.1. The van der Waals surface area contributed by atoms with Gasteiger partial charge in [0.2, 0.25) is 0 Å². The number of benzene rings is 2. The predicted octanol–water partition coefficient (Wildman–Crippen LogP) is 5.39. The highest BCUT2D eigenvalue weighted by atomic mass is 32.1. The zero-order valence-corrected chi connectivity index (χ0v) is 23.0. The lowest BCUT2D eigenvalue weighted by Crippen LogP contribution is -2.28. The van der Waals surface area contributed by atoms with Crippen LogP contribution < -0.4 is 11.1 Å². The van der Waals surface area contributed by atoms with Crippen LogP contribution in [0.15, 0.2) is 66.2 Å². The minimum atomic E-state index is -1.30. The number of amides is 1. The first kappa shape index (κ1) is 26.3. The Balaban J connectivity index is 1.26. The molecule has 0 bridgehead atoms. The predicted molar refractivity (Wildman–Crippen MR) is 150 cm³/mol. The summed E-state index contributed by atoms with van der Waals surface area (Å²) in [6.45, 7) is 6.89. The monoisotopic (exact) mass is 533 g/mol. The van der Waals surface area contributed by atoms with Crippen LogP contribution in [0.1, 0.15) is 28.0 Å². The lowest BCUT2D eigenvalue weighted by Gasteiger charge is -2.14. The number of ether oxygens (including phenoxy) is 1. The molecule has 2 aromatic carbocycles. The van der Waals surface area contributed by atoms with Crippen molar-refractivity contribution >= 4 is 42.7 Å². The van der Waals surface area contributed by atoms with Gasteiger partial charge >= 0.3 is 5.97 Å². The third-order valence-corrected chi connectivity index (χ3v) is 7.74. The van der Waals surface area contributed by atoms with Gasteiger partial charge in [-0.15, -0.1) is 16.4 Å². The Morgan fingerprint density at radius 1 is 1.11 bits per heavy atom. The maximum Gasteiger partial charge on any atom is 0.306 e. The van der Waals surface area contributed by atoms with Gasteiger partial charge in [0.15, 0.2) is 0 Å². The van der Waals surface area contributed by atoms with Crippen LogP contribution in [0.4, 0.5) is 11.4 Å². The van der Waals surface area contributed by atoms with E-state index in [-0.39, 0.29) is 24.9 Å². The van der Waals surface area contributed by atoms with E-state index in [4.69, 9.17) is 10.5 Å². The minimum Gasteiger partial charge on any atom is -0.459 e. The van der Waals surface area contributed by atoms with Gasteiger partial charge in [0.05, 0.1) is 25.6 Å². The lowest BCUT2D eigenvalue weighted by molar-refractivity contribution is -0.145. The Morgan fingerprint density at radius 2 is 1.89 bits per heavy atom. The molecular weight excluding hydrogens is 502 g/mol. The van der Waals surface area contributed by atoms with E-state index in [0.717, 1.165) is 22.2 Å². The van der Waals surface area contributed by atoms with E-state index in [1.807, 2.05) is 52.7 Å². The Bertz CT molecular complexity index is 1360. The van der Waals surface area contributed by atoms with E-state index in [0.29, 0.717) is 29.1 Å². The molecular formula is C27H31N5O3SSi. The quantitative estimate of drug-likeness (QED) is 0.160. The number of rotatable bonds is 10. The summed E-state index contributed by atoms with van der Waals surface area (Å²) in [5.74, 6) is -0.550. The molecule has 8 nitrogen and oxygen atoms in total. The molecule has 0 fully saturated rings. The smallest absolute Gasteiger partial charge is 0.306 e. The molecule has 37 heavy (non-hydrogen) atoms. The van der Waals surface area contributed by atoms with E-state index in [1.54, 1.807) is 29.5 Å². The van der Waals surface area contributed by atoms with Crippen LogP contribution in [-0.4, -0.2) is 34.9 Å². The van der Waals surface area contributed by atoms with Gasteiger partial charge in [-0.2, -0.15) is 0 Å². The van der Waals surface area contributed by atoms with Crippen molar-refractivity contribution in [2.45, 2.75) is 45.3 Å². The number of nitrogens with one attached hydrogen (secondary N) is 1. The summed E-state index contributed by atoms with van der Waals surface area (Å²) in [6, 6.07) is 16.8. The third kappa shape index (κ3) is 7.61. The second-order valence-corrected chi connectivity index (χ2v) is 16.4. The summed E-state index contributed by atoms with van der Waals surface area (Å²) in [7, 11) is -1.30. The maximum absolute atomic E-state index is 12.8. The molecule has 4 aromatic rings. The van der Waals surface area contributed by atoms with Crippen LogP contribution in [0.3, 0.4) is 0 Å². The molecule has 0 radical (unpaired) electrons. The molecule has 4 rings (SSSR count). The molecule has 192 valence electrons. The summed E-state index contributed by atoms with van der Waals surface area (Å²) >= 11 is 1.63. The fraction of sp³-hybridized carbons (Fsp3) is 0.259. The highest BCUT2D eigenvalue weighted by molar-refractivity contribution is 7.13. The maximum atomic E-state index is 12.8. The van der Waals surface area contributed by atoms with Crippen molar-refractivity contribution in [1.29, 1.82) is 0 Å². The highest BCUT2D eigenvalue weighted by Gasteiger charge is 2.16. The number of hydrogen-bond acceptors (Lipinski definition) is 7. The number of thiophene rings is 1. The Morgan fingerprint density at radius 3 is 2.59 bits per heavy atom. The van der Waals surface area contributed by atoms with Crippen LogP contribution in [0, 0.1) is 0 Å². The molecule has 1 amide bonds. The number of carbonyl (C=O) groups is 2. The molecule has 0 aliphatic rings. The van der Waals surface area contributed by atoms with Gasteiger partial charge in [-0.1, -0.05) is 49.1 Å². The van der Waals surface area contributed by atoms with E-state index in [9.17, 15) is 9.59 Å². The molecule has 0 saturated carbocycles. The summed E-state index contributed by atoms with van der Waals surface area (Å²) < 4.78 is 7.17. The van der Waals surface area contributed by atoms with Crippen LogP contribution in [-0.2, 0) is 28.7 Å². The van der Waals surface area contributed by atoms with Crippen molar-refractivity contribution in [2.75, 3.05) is 11.1 Å². The zero-order chi connectivity index (χ0) is 26.4. The van der Waals surface area contributed by atoms with E-state index < -0.39 is 8.07 Å². The second-order valence-electron chi connectivity index (χ2n) is 10.1. The number of esters is 1. The minimum absolute atomic E-state index is 0.112. The largest absolute Gasteiger partial charge is 0.459 e. The van der Waals surface area contributed by atoms with Crippen molar-refractivity contribution in [3.05, 3.63) is 83.0 Å². The van der Waals surface area contributed by atoms with Gasteiger partial charge in [0.25, 0.3) is 5.91 Å². The van der Waals surface area contributed by atoms with E-state index in [1.165, 1.54) is 0 Å². The molecule has 0 saturated heterocycles. The van der Waals surface area contributed by atoms with Crippen LogP contribution in [0.5, 0.6) is 0 Å². The first-order chi connectivity index (χ1) is 17.7. The number of nitrogens with zero attached hydrogens (tertiary/aromatic N) is 3. The topological polar surface area (TPSA) is 112 Å². The SMILES string of the molecule is C[Si](C)(C)Cn1cc(COC(=O)CCc2ccc(C(=O)Nc3cc(-c4cccs4)ccc3N)cc2)nn1. The summed E-state index contributed by atoms with van der Waals surface area (Å²) in [5, 5.41) is 13.1. The molecule has 10 heteroatoms. The number of carbonyl (C=O) groups excluding carboxylic acids is 2. The van der Waals surface area contributed by atoms with Crippen molar-refractivity contribution in [2.24, 2.45) is 0 Å². The second kappa shape index (κ2) is 11.5. The van der Waals surface area contributed by atoms with Gasteiger partial charge in [0.1, 0.15) is 12.3 Å². The molecule has 0 aliphatic carbocycles. The molecule has 2 heterocycles. The van der Waals surface area contributed by atoms with Crippen LogP contribution in [0.2, 0.25) is 19.6 Å². The van der Waals surface area contributed by atoms with Crippen molar-refractivity contribution < 1.29 is 14.3 Å². The first-order valence-corrected chi connectivity index (χ1v) is 16.6. The first-order valence-electron chi connectivity index (χ1n) is 12.0. The Labute approximate surface area is 221 Å². The average Bonchev–Trinajstić information content (AvgIpc) is 3.54. The van der Waals surface area contributed by atoms with Gasteiger partial charge in [0, 0.05) is 23.0 Å².